The van der Waals surface area contributed by atoms with E-state index < -0.39 is 29.9 Å². The Kier molecular flexibility index (Phi) is 11.4. The molecule has 0 saturated heterocycles. The van der Waals surface area contributed by atoms with Gasteiger partial charge in [-0.05, 0) is 32.1 Å². The van der Waals surface area contributed by atoms with Gasteiger partial charge in [0.15, 0.2) is 5.96 Å². The summed E-state index contributed by atoms with van der Waals surface area (Å²) in [6.07, 6.45) is 1.96. The molecule has 0 aliphatic carbocycles. The van der Waals surface area contributed by atoms with Crippen LogP contribution in [0.3, 0.4) is 0 Å². The number of carbonyl (C=O) groups excluding carboxylic acids is 4. The predicted molar refractivity (Wildman–Crippen MR) is 103 cm³/mol. The van der Waals surface area contributed by atoms with Crippen LogP contribution in [0.25, 0.3) is 0 Å². The first-order valence-corrected chi connectivity index (χ1v) is 8.95. The summed E-state index contributed by atoms with van der Waals surface area (Å²) < 4.78 is 0. The van der Waals surface area contributed by atoms with E-state index in [1.165, 1.54) is 13.8 Å². The Labute approximate surface area is 159 Å². The van der Waals surface area contributed by atoms with Gasteiger partial charge in [-0.1, -0.05) is 13.8 Å². The van der Waals surface area contributed by atoms with E-state index >= 15 is 0 Å². The Morgan fingerprint density at radius 2 is 1.67 bits per heavy atom. The topological polar surface area (TPSA) is 169 Å². The molecule has 0 radical (unpaired) electrons. The minimum Gasteiger partial charge on any atom is -0.370 e. The van der Waals surface area contributed by atoms with Gasteiger partial charge >= 0.3 is 0 Å². The highest BCUT2D eigenvalue weighted by atomic mass is 16.2. The lowest BCUT2D eigenvalue weighted by Gasteiger charge is -2.22. The van der Waals surface area contributed by atoms with Crippen molar-refractivity contribution in [1.29, 1.82) is 0 Å². The standard InChI is InChI=1S/C17H32N6O4/c1-10(2)8-14(22-12(4)25)16(27)21-11(3)15(26)23-13(9-24)6-5-7-20-17(18)19/h9-11,13-14H,5-8H2,1-4H3,(H,21,27)(H,22,25)(H,23,26)(H4,18,19,20)/t11-,13-,14-/m0/s1/i9+1. The molecule has 154 valence electrons. The molecule has 0 fully saturated rings. The molecule has 10 heteroatoms. The minimum atomic E-state index is -0.860. The molecule has 0 spiro atoms. The first kappa shape index (κ1) is 24.4. The molecule has 0 aliphatic rings. The number of guanidine groups is 1. The second kappa shape index (κ2) is 12.7. The molecule has 0 bridgehead atoms. The largest absolute Gasteiger partial charge is 0.370 e. The second-order valence-corrected chi connectivity index (χ2v) is 6.81. The quantitative estimate of drug-likeness (QED) is 0.0927. The van der Waals surface area contributed by atoms with Gasteiger partial charge in [0, 0.05) is 13.5 Å². The van der Waals surface area contributed by atoms with Crippen LogP contribution in [-0.4, -0.2) is 54.6 Å². The first-order valence-electron chi connectivity index (χ1n) is 8.95. The minimum absolute atomic E-state index is 0.0341. The van der Waals surface area contributed by atoms with Gasteiger partial charge in [-0.2, -0.15) is 0 Å². The van der Waals surface area contributed by atoms with Gasteiger partial charge in [-0.25, -0.2) is 0 Å². The average molecular weight is 385 g/mol. The first-order chi connectivity index (χ1) is 12.6. The number of hydrogen-bond donors (Lipinski definition) is 5. The van der Waals surface area contributed by atoms with Gasteiger partial charge in [0.25, 0.3) is 0 Å². The second-order valence-electron chi connectivity index (χ2n) is 6.81. The lowest BCUT2D eigenvalue weighted by molar-refractivity contribution is -0.132. The van der Waals surface area contributed by atoms with Crippen LogP contribution in [0.5, 0.6) is 0 Å². The van der Waals surface area contributed by atoms with Crippen LogP contribution < -0.4 is 27.4 Å². The monoisotopic (exact) mass is 385 g/mol. The van der Waals surface area contributed by atoms with Crippen molar-refractivity contribution < 1.29 is 19.2 Å². The molecular weight excluding hydrogens is 353 g/mol. The number of nitrogens with one attached hydrogen (secondary N) is 3. The molecule has 0 saturated carbocycles. The molecule has 0 rings (SSSR count). The summed E-state index contributed by atoms with van der Waals surface area (Å²) in [5.41, 5.74) is 10.4. The maximum absolute atomic E-state index is 12.3. The van der Waals surface area contributed by atoms with E-state index in [4.69, 9.17) is 11.5 Å². The number of amides is 3. The number of nitrogens with zero attached hydrogens (tertiary/aromatic N) is 1. The molecular formula is C17H32N6O4. The van der Waals surface area contributed by atoms with E-state index in [1.54, 1.807) is 0 Å². The highest BCUT2D eigenvalue weighted by Gasteiger charge is 2.25. The molecule has 27 heavy (non-hydrogen) atoms. The van der Waals surface area contributed by atoms with Crippen molar-refractivity contribution in [2.24, 2.45) is 22.4 Å². The van der Waals surface area contributed by atoms with Crippen LogP contribution in [0.4, 0.5) is 0 Å². The highest BCUT2D eigenvalue weighted by Crippen LogP contribution is 2.05. The van der Waals surface area contributed by atoms with Crippen molar-refractivity contribution in [3.8, 4) is 0 Å². The summed E-state index contributed by atoms with van der Waals surface area (Å²) in [5.74, 6) is -1.12. The third kappa shape index (κ3) is 11.6. The van der Waals surface area contributed by atoms with Crippen molar-refractivity contribution in [1.82, 2.24) is 16.0 Å². The molecule has 7 N–H and O–H groups in total. The van der Waals surface area contributed by atoms with E-state index in [9.17, 15) is 19.2 Å². The normalized spacial score (nSPS) is 13.8. The van der Waals surface area contributed by atoms with Gasteiger partial charge in [-0.15, -0.1) is 0 Å². The van der Waals surface area contributed by atoms with Crippen molar-refractivity contribution in [2.45, 2.75) is 65.1 Å². The molecule has 0 aliphatic heterocycles. The van der Waals surface area contributed by atoms with E-state index in [1.807, 2.05) is 13.8 Å². The molecule has 3 amide bonds. The molecule has 0 heterocycles. The Balaban J connectivity index is 4.62. The van der Waals surface area contributed by atoms with E-state index in [2.05, 4.69) is 20.9 Å². The lowest BCUT2D eigenvalue weighted by atomic mass is 10.0. The summed E-state index contributed by atoms with van der Waals surface area (Å²) >= 11 is 0. The van der Waals surface area contributed by atoms with Crippen LogP contribution in [0.2, 0.25) is 0 Å². The van der Waals surface area contributed by atoms with Crippen molar-refractivity contribution in [3.63, 3.8) is 0 Å². The third-order valence-electron chi connectivity index (χ3n) is 3.61. The molecule has 0 unspecified atom stereocenters. The number of aldehydes is 1. The Morgan fingerprint density at radius 3 is 2.15 bits per heavy atom. The van der Waals surface area contributed by atoms with Gasteiger partial charge in [0.2, 0.25) is 17.7 Å². The van der Waals surface area contributed by atoms with E-state index in [0.717, 1.165) is 0 Å². The third-order valence-corrected chi connectivity index (χ3v) is 3.61. The number of nitrogens with two attached hydrogens (primary N) is 2. The van der Waals surface area contributed by atoms with E-state index in [-0.39, 0.29) is 17.8 Å². The number of aliphatic imine (C=N–C) groups is 1. The molecule has 3 atom stereocenters. The number of carbonyl (C=O) groups is 4. The summed E-state index contributed by atoms with van der Waals surface area (Å²) in [5, 5.41) is 7.70. The SMILES string of the molecule is CC(=O)N[C@@H](CC(C)C)C(=O)N[C@@H](C)C(=O)N[C@@H](CCCN=C(N)N)[13CH]=O. The molecule has 0 aromatic carbocycles. The van der Waals surface area contributed by atoms with Crippen LogP contribution >= 0.6 is 0 Å². The fourth-order valence-corrected chi connectivity index (χ4v) is 2.33. The van der Waals surface area contributed by atoms with Gasteiger partial charge in [-0.3, -0.25) is 19.4 Å². The maximum Gasteiger partial charge on any atom is 0.243 e. The van der Waals surface area contributed by atoms with Crippen molar-refractivity contribution >= 4 is 30.0 Å². The fraction of sp³-hybridized carbons (Fsp3) is 0.706. The summed E-state index contributed by atoms with van der Waals surface area (Å²) in [6, 6.07) is -2.28. The summed E-state index contributed by atoms with van der Waals surface area (Å²) in [4.78, 5) is 50.8. The van der Waals surface area contributed by atoms with Crippen LogP contribution in [-0.2, 0) is 19.2 Å². The molecule has 10 nitrogen and oxygen atoms in total. The lowest BCUT2D eigenvalue weighted by Crippen LogP contribution is -2.54. The smallest absolute Gasteiger partial charge is 0.243 e. The zero-order valence-electron chi connectivity index (χ0n) is 16.5. The maximum atomic E-state index is 12.3. The Hall–Kier alpha value is -2.65. The van der Waals surface area contributed by atoms with Crippen molar-refractivity contribution in [3.05, 3.63) is 0 Å². The van der Waals surface area contributed by atoms with Crippen molar-refractivity contribution in [2.75, 3.05) is 6.54 Å². The number of hydrogen-bond acceptors (Lipinski definition) is 5. The average Bonchev–Trinajstić information content (AvgIpc) is 2.55. The van der Waals surface area contributed by atoms with Crippen LogP contribution in [0.1, 0.15) is 47.0 Å². The summed E-state index contributed by atoms with van der Waals surface area (Å²) in [7, 11) is 0. The number of rotatable bonds is 12. The van der Waals surface area contributed by atoms with Gasteiger partial charge < -0.3 is 32.2 Å². The zero-order chi connectivity index (χ0) is 21.0. The molecule has 0 aromatic rings. The van der Waals surface area contributed by atoms with Gasteiger partial charge in [0.1, 0.15) is 18.4 Å². The van der Waals surface area contributed by atoms with Crippen LogP contribution in [0.15, 0.2) is 4.99 Å². The summed E-state index contributed by atoms with van der Waals surface area (Å²) in [6.45, 7) is 7.04. The van der Waals surface area contributed by atoms with Crippen LogP contribution in [0, 0.1) is 5.92 Å². The molecule has 0 aromatic heterocycles. The van der Waals surface area contributed by atoms with Gasteiger partial charge in [0.05, 0.1) is 6.04 Å². The zero-order valence-corrected chi connectivity index (χ0v) is 16.5. The fourth-order valence-electron chi connectivity index (χ4n) is 2.33. The highest BCUT2D eigenvalue weighted by molar-refractivity contribution is 5.92. The Bertz CT molecular complexity index is 546. The predicted octanol–water partition coefficient (Wildman–Crippen LogP) is -1.22. The van der Waals surface area contributed by atoms with E-state index in [0.29, 0.717) is 32.1 Å². The Morgan fingerprint density at radius 1 is 1.04 bits per heavy atom.